The van der Waals surface area contributed by atoms with Crippen LogP contribution >= 0.6 is 0 Å². The topological polar surface area (TPSA) is 79.1 Å². The molecule has 162 valence electrons. The average Bonchev–Trinajstić information content (AvgIpc) is 3.00. The molecule has 0 bridgehead atoms. The van der Waals surface area contributed by atoms with Crippen molar-refractivity contribution in [2.45, 2.75) is 52.6 Å². The van der Waals surface area contributed by atoms with Gasteiger partial charge in [-0.25, -0.2) is 4.98 Å². The molecule has 1 aliphatic heterocycles. The van der Waals surface area contributed by atoms with Gasteiger partial charge in [-0.1, -0.05) is 27.7 Å². The number of hydrogen-bond acceptors (Lipinski definition) is 5. The Kier molecular flexibility index (Phi) is 4.54. The van der Waals surface area contributed by atoms with Crippen molar-refractivity contribution in [3.8, 4) is 11.8 Å². The SMILES string of the molecule is CC1(C)[C@H](Oc2cnc(C#N)c(C(F)(F)F)c2)C(C)(C)[C@H]1N1Cc2ccncc2C1=O. The van der Waals surface area contributed by atoms with Gasteiger partial charge in [0, 0.05) is 35.8 Å². The maximum absolute atomic E-state index is 13.3. The van der Waals surface area contributed by atoms with E-state index in [2.05, 4.69) is 9.97 Å². The number of alkyl halides is 3. The second-order valence-corrected chi connectivity index (χ2v) is 9.19. The molecule has 2 aromatic heterocycles. The van der Waals surface area contributed by atoms with E-state index in [0.717, 1.165) is 17.8 Å². The summed E-state index contributed by atoms with van der Waals surface area (Å²) >= 11 is 0. The summed E-state index contributed by atoms with van der Waals surface area (Å²) < 4.78 is 45.9. The van der Waals surface area contributed by atoms with Gasteiger partial charge in [-0.3, -0.25) is 9.78 Å². The molecule has 9 heteroatoms. The standard InChI is InChI=1S/C22H21F3N4O2/c1-20(2)18(29-11-12-5-6-27-10-14(12)17(29)30)21(3,4)19(20)31-13-7-15(22(23,24)25)16(8-26)28-9-13/h5-7,9-10,18-19H,11H2,1-4H3/t18-,19-. The van der Waals surface area contributed by atoms with Crippen molar-refractivity contribution in [2.24, 2.45) is 10.8 Å². The van der Waals surface area contributed by atoms with Gasteiger partial charge in [-0.05, 0) is 17.7 Å². The summed E-state index contributed by atoms with van der Waals surface area (Å²) in [4.78, 5) is 22.4. The fourth-order valence-corrected chi connectivity index (χ4v) is 5.54. The number of rotatable bonds is 3. The van der Waals surface area contributed by atoms with Crippen LogP contribution in [0.15, 0.2) is 30.7 Å². The molecule has 0 unspecified atom stereocenters. The van der Waals surface area contributed by atoms with E-state index in [4.69, 9.17) is 10.00 Å². The molecule has 2 aromatic rings. The molecule has 1 aliphatic carbocycles. The number of carbonyl (C=O) groups is 1. The highest BCUT2D eigenvalue weighted by Crippen LogP contribution is 2.59. The first-order chi connectivity index (χ1) is 14.4. The predicted molar refractivity (Wildman–Crippen MR) is 104 cm³/mol. The molecule has 0 atom stereocenters. The first-order valence-electron chi connectivity index (χ1n) is 9.77. The zero-order chi connectivity index (χ0) is 22.8. The Morgan fingerprint density at radius 3 is 2.48 bits per heavy atom. The third-order valence-corrected chi connectivity index (χ3v) is 6.34. The van der Waals surface area contributed by atoms with Gasteiger partial charge in [0.15, 0.2) is 5.69 Å². The average molecular weight is 430 g/mol. The largest absolute Gasteiger partial charge is 0.488 e. The first kappa shape index (κ1) is 21.1. The number of ether oxygens (including phenoxy) is 1. The second-order valence-electron chi connectivity index (χ2n) is 9.19. The maximum atomic E-state index is 13.3. The number of carbonyl (C=O) groups excluding carboxylic acids is 1. The summed E-state index contributed by atoms with van der Waals surface area (Å²) in [6.07, 6.45) is -0.849. The molecule has 2 aliphatic rings. The lowest BCUT2D eigenvalue weighted by Gasteiger charge is -2.65. The van der Waals surface area contributed by atoms with E-state index < -0.39 is 34.4 Å². The van der Waals surface area contributed by atoms with E-state index >= 15 is 0 Å². The maximum Gasteiger partial charge on any atom is 0.419 e. The van der Waals surface area contributed by atoms with Crippen LogP contribution in [0.25, 0.3) is 0 Å². The van der Waals surface area contributed by atoms with Crippen LogP contribution in [-0.2, 0) is 12.7 Å². The Balaban J connectivity index is 1.62. The summed E-state index contributed by atoms with van der Waals surface area (Å²) in [5.41, 5.74) is -1.43. The van der Waals surface area contributed by atoms with Gasteiger partial charge in [0.2, 0.25) is 0 Å². The zero-order valence-electron chi connectivity index (χ0n) is 17.5. The zero-order valence-corrected chi connectivity index (χ0v) is 17.5. The van der Waals surface area contributed by atoms with Crippen LogP contribution in [0.4, 0.5) is 13.2 Å². The minimum Gasteiger partial charge on any atom is -0.488 e. The smallest absolute Gasteiger partial charge is 0.419 e. The van der Waals surface area contributed by atoms with Gasteiger partial charge in [-0.2, -0.15) is 18.4 Å². The van der Waals surface area contributed by atoms with E-state index in [-0.39, 0.29) is 17.7 Å². The normalized spacial score (nSPS) is 23.7. The van der Waals surface area contributed by atoms with Crippen molar-refractivity contribution in [1.29, 1.82) is 5.26 Å². The minimum atomic E-state index is -4.72. The number of fused-ring (bicyclic) bond motifs is 1. The Bertz CT molecular complexity index is 1090. The molecule has 4 rings (SSSR count). The molecule has 31 heavy (non-hydrogen) atoms. The van der Waals surface area contributed by atoms with Crippen LogP contribution in [-0.4, -0.2) is 32.9 Å². The number of hydrogen-bond donors (Lipinski definition) is 0. The van der Waals surface area contributed by atoms with Crippen LogP contribution in [0.5, 0.6) is 5.75 Å². The van der Waals surface area contributed by atoms with Gasteiger partial charge in [-0.15, -0.1) is 0 Å². The molecule has 0 spiro atoms. The van der Waals surface area contributed by atoms with Crippen LogP contribution in [0, 0.1) is 22.2 Å². The summed E-state index contributed by atoms with van der Waals surface area (Å²) in [6.45, 7) is 8.19. The number of nitriles is 1. The molecule has 0 saturated heterocycles. The van der Waals surface area contributed by atoms with E-state index in [9.17, 15) is 18.0 Å². The summed E-state index contributed by atoms with van der Waals surface area (Å²) in [5.74, 6) is -0.164. The van der Waals surface area contributed by atoms with Gasteiger partial charge >= 0.3 is 6.18 Å². The van der Waals surface area contributed by atoms with Gasteiger partial charge in [0.25, 0.3) is 5.91 Å². The molecule has 0 N–H and O–H groups in total. The van der Waals surface area contributed by atoms with Gasteiger partial charge in [0.1, 0.15) is 17.9 Å². The Morgan fingerprint density at radius 1 is 1.23 bits per heavy atom. The Morgan fingerprint density at radius 2 is 1.90 bits per heavy atom. The van der Waals surface area contributed by atoms with Crippen LogP contribution in [0.3, 0.4) is 0 Å². The summed E-state index contributed by atoms with van der Waals surface area (Å²) in [7, 11) is 0. The van der Waals surface area contributed by atoms with Crippen LogP contribution < -0.4 is 4.74 Å². The molecule has 1 saturated carbocycles. The summed E-state index contributed by atoms with van der Waals surface area (Å²) in [5, 5.41) is 8.94. The van der Waals surface area contributed by atoms with E-state index in [1.807, 2.05) is 33.8 Å². The van der Waals surface area contributed by atoms with Crippen molar-refractivity contribution >= 4 is 5.91 Å². The van der Waals surface area contributed by atoms with Crippen molar-refractivity contribution in [2.75, 3.05) is 0 Å². The molecular weight excluding hydrogens is 409 g/mol. The molecule has 1 amide bonds. The quantitative estimate of drug-likeness (QED) is 0.729. The third kappa shape index (κ3) is 3.12. The van der Waals surface area contributed by atoms with E-state index in [1.165, 1.54) is 6.07 Å². The van der Waals surface area contributed by atoms with Crippen LogP contribution in [0.1, 0.15) is 54.9 Å². The molecular formula is C22H21F3N4O2. The monoisotopic (exact) mass is 430 g/mol. The molecule has 6 nitrogen and oxygen atoms in total. The lowest BCUT2D eigenvalue weighted by Crippen LogP contribution is -2.74. The minimum absolute atomic E-state index is 0.0591. The highest BCUT2D eigenvalue weighted by molar-refractivity contribution is 5.98. The Hall–Kier alpha value is -3.15. The van der Waals surface area contributed by atoms with E-state index in [1.54, 1.807) is 17.3 Å². The van der Waals surface area contributed by atoms with Gasteiger partial charge < -0.3 is 9.64 Å². The number of amides is 1. The number of halogens is 3. The van der Waals surface area contributed by atoms with Crippen molar-refractivity contribution < 1.29 is 22.7 Å². The van der Waals surface area contributed by atoms with Crippen molar-refractivity contribution in [3.63, 3.8) is 0 Å². The lowest BCUT2D eigenvalue weighted by molar-refractivity contribution is -0.199. The lowest BCUT2D eigenvalue weighted by atomic mass is 9.49. The first-order valence-corrected chi connectivity index (χ1v) is 9.77. The van der Waals surface area contributed by atoms with E-state index in [0.29, 0.717) is 12.1 Å². The van der Waals surface area contributed by atoms with Crippen LogP contribution in [0.2, 0.25) is 0 Å². The van der Waals surface area contributed by atoms with Crippen molar-refractivity contribution in [3.05, 3.63) is 53.1 Å². The fraction of sp³-hybridized carbons (Fsp3) is 0.455. The molecule has 3 heterocycles. The Labute approximate surface area is 177 Å². The highest BCUT2D eigenvalue weighted by Gasteiger charge is 2.67. The molecule has 0 radical (unpaired) electrons. The second kappa shape index (κ2) is 6.67. The fourth-order valence-electron chi connectivity index (χ4n) is 5.54. The number of pyridine rings is 2. The number of nitrogens with zero attached hydrogens (tertiary/aromatic N) is 4. The van der Waals surface area contributed by atoms with Crippen molar-refractivity contribution in [1.82, 2.24) is 14.9 Å². The third-order valence-electron chi connectivity index (χ3n) is 6.34. The highest BCUT2D eigenvalue weighted by atomic mass is 19.4. The molecule has 1 fully saturated rings. The predicted octanol–water partition coefficient (Wildman–Crippen LogP) is 4.21. The summed E-state index contributed by atoms with van der Waals surface area (Å²) in [6, 6.07) is 3.90. The van der Waals surface area contributed by atoms with Gasteiger partial charge in [0.05, 0.1) is 17.3 Å². The molecule has 0 aromatic carbocycles. The number of aromatic nitrogens is 2.